The molecule has 2 heteroatoms. The van der Waals surface area contributed by atoms with E-state index in [1.807, 2.05) is 18.2 Å². The van der Waals surface area contributed by atoms with E-state index in [1.165, 1.54) is 0 Å². The molecule has 60 valence electrons. The number of nitrogens with zero attached hydrogens (tertiary/aromatic N) is 1. The summed E-state index contributed by atoms with van der Waals surface area (Å²) >= 11 is 0. The van der Waals surface area contributed by atoms with Crippen LogP contribution in [0.1, 0.15) is 18.5 Å². The van der Waals surface area contributed by atoms with Crippen LogP contribution in [0.5, 0.6) is 0 Å². The zero-order chi connectivity index (χ0) is 8.18. The Balaban J connectivity index is 2.06. The summed E-state index contributed by atoms with van der Waals surface area (Å²) in [6, 6.07) is 5.82. The second-order valence-corrected chi connectivity index (χ2v) is 3.71. The molecule has 0 amide bonds. The molecule has 0 aromatic carbocycles. The molecular formula is C10H9NO. The van der Waals surface area contributed by atoms with Crippen molar-refractivity contribution in [2.75, 3.05) is 0 Å². The Labute approximate surface area is 70.6 Å². The number of Topliss-reactive ketones (excluding diaryl/α,β-unsaturated/α-hetero) is 1. The van der Waals surface area contributed by atoms with Gasteiger partial charge >= 0.3 is 0 Å². The van der Waals surface area contributed by atoms with E-state index in [-0.39, 0.29) is 5.41 Å². The molecule has 2 atom stereocenters. The molecule has 1 aromatic rings. The molecule has 0 saturated heterocycles. The summed E-state index contributed by atoms with van der Waals surface area (Å²) < 4.78 is 0. The van der Waals surface area contributed by atoms with Crippen LogP contribution in [-0.2, 0) is 10.2 Å². The smallest absolute Gasteiger partial charge is 0.145 e. The molecule has 12 heavy (non-hydrogen) atoms. The van der Waals surface area contributed by atoms with Crippen molar-refractivity contribution >= 4 is 5.78 Å². The highest BCUT2D eigenvalue weighted by Crippen LogP contribution is 2.64. The summed E-state index contributed by atoms with van der Waals surface area (Å²) in [5, 5.41) is 0. The van der Waals surface area contributed by atoms with Crippen LogP contribution in [-0.4, -0.2) is 10.8 Å². The van der Waals surface area contributed by atoms with Crippen LogP contribution in [0, 0.1) is 5.92 Å². The highest BCUT2D eigenvalue weighted by atomic mass is 16.1. The number of aromatic nitrogens is 1. The third kappa shape index (κ3) is 0.533. The number of rotatable bonds is 1. The van der Waals surface area contributed by atoms with Gasteiger partial charge in [-0.2, -0.15) is 0 Å². The minimum absolute atomic E-state index is 0.110. The number of fused-ring (bicyclic) bond motifs is 1. The van der Waals surface area contributed by atoms with Gasteiger partial charge in [0.25, 0.3) is 0 Å². The van der Waals surface area contributed by atoms with Crippen molar-refractivity contribution in [3.63, 3.8) is 0 Å². The maximum absolute atomic E-state index is 11.4. The van der Waals surface area contributed by atoms with Gasteiger partial charge in [-0.15, -0.1) is 0 Å². The number of carbonyl (C=O) groups excluding carboxylic acids is 1. The fraction of sp³-hybridized carbons (Fsp3) is 0.400. The van der Waals surface area contributed by atoms with Crippen LogP contribution in [0.3, 0.4) is 0 Å². The van der Waals surface area contributed by atoms with E-state index in [4.69, 9.17) is 0 Å². The molecule has 2 aliphatic rings. The molecule has 0 spiro atoms. The van der Waals surface area contributed by atoms with Crippen LogP contribution in [0.15, 0.2) is 24.4 Å². The van der Waals surface area contributed by atoms with Gasteiger partial charge in [-0.05, 0) is 24.5 Å². The molecule has 0 bridgehead atoms. The molecule has 1 aromatic heterocycles. The summed E-state index contributed by atoms with van der Waals surface area (Å²) in [7, 11) is 0. The van der Waals surface area contributed by atoms with E-state index in [0.717, 1.165) is 18.5 Å². The highest BCUT2D eigenvalue weighted by molar-refractivity contribution is 6.01. The Morgan fingerprint density at radius 3 is 2.92 bits per heavy atom. The van der Waals surface area contributed by atoms with Crippen molar-refractivity contribution in [1.82, 2.24) is 4.98 Å². The van der Waals surface area contributed by atoms with Gasteiger partial charge in [-0.25, -0.2) is 0 Å². The maximum atomic E-state index is 11.4. The lowest BCUT2D eigenvalue weighted by Crippen LogP contribution is -2.33. The standard InChI is InChI=1S/C10H9NO/c12-9-5-7-6-10(7,9)8-3-1-2-4-11-8/h1-4,7H,5-6H2. The van der Waals surface area contributed by atoms with E-state index in [2.05, 4.69) is 4.98 Å². The molecule has 2 fully saturated rings. The number of ketones is 1. The minimum atomic E-state index is -0.110. The highest BCUT2D eigenvalue weighted by Gasteiger charge is 2.69. The van der Waals surface area contributed by atoms with Crippen LogP contribution in [0.25, 0.3) is 0 Å². The third-order valence-electron chi connectivity index (χ3n) is 3.16. The Morgan fingerprint density at radius 1 is 1.50 bits per heavy atom. The van der Waals surface area contributed by atoms with Crippen molar-refractivity contribution in [2.45, 2.75) is 18.3 Å². The van der Waals surface area contributed by atoms with E-state index in [0.29, 0.717) is 11.7 Å². The normalized spacial score (nSPS) is 37.0. The first-order valence-electron chi connectivity index (χ1n) is 4.29. The van der Waals surface area contributed by atoms with Gasteiger partial charge < -0.3 is 0 Å². The maximum Gasteiger partial charge on any atom is 0.145 e. The summed E-state index contributed by atoms with van der Waals surface area (Å²) in [5.74, 6) is 1.02. The Bertz CT molecular complexity index is 346. The molecule has 2 nitrogen and oxygen atoms in total. The molecule has 3 rings (SSSR count). The van der Waals surface area contributed by atoms with Crippen LogP contribution < -0.4 is 0 Å². The molecule has 2 saturated carbocycles. The number of hydrogen-bond donors (Lipinski definition) is 0. The fourth-order valence-corrected chi connectivity index (χ4v) is 2.28. The van der Waals surface area contributed by atoms with Gasteiger partial charge in [0.1, 0.15) is 5.78 Å². The summed E-state index contributed by atoms with van der Waals surface area (Å²) in [5.41, 5.74) is 0.882. The van der Waals surface area contributed by atoms with Crippen LogP contribution >= 0.6 is 0 Å². The van der Waals surface area contributed by atoms with E-state index < -0.39 is 0 Å². The second kappa shape index (κ2) is 1.76. The molecule has 0 radical (unpaired) electrons. The van der Waals surface area contributed by atoms with Crippen molar-refractivity contribution in [2.24, 2.45) is 5.92 Å². The SMILES string of the molecule is O=C1CC2CC12c1ccccn1. The van der Waals surface area contributed by atoms with Crippen molar-refractivity contribution in [1.29, 1.82) is 0 Å². The lowest BCUT2D eigenvalue weighted by Gasteiger charge is -2.22. The topological polar surface area (TPSA) is 30.0 Å². The molecule has 2 aliphatic carbocycles. The molecule has 1 heterocycles. The summed E-state index contributed by atoms with van der Waals surface area (Å²) in [6.45, 7) is 0. The fourth-order valence-electron chi connectivity index (χ4n) is 2.28. The van der Waals surface area contributed by atoms with Crippen molar-refractivity contribution < 1.29 is 4.79 Å². The lowest BCUT2D eigenvalue weighted by atomic mass is 9.80. The predicted octanol–water partition coefficient (Wildman–Crippen LogP) is 1.31. The Hall–Kier alpha value is -1.18. The first-order valence-corrected chi connectivity index (χ1v) is 4.29. The van der Waals surface area contributed by atoms with Gasteiger partial charge in [0.2, 0.25) is 0 Å². The third-order valence-corrected chi connectivity index (χ3v) is 3.16. The van der Waals surface area contributed by atoms with Crippen LogP contribution in [0.2, 0.25) is 0 Å². The second-order valence-electron chi connectivity index (χ2n) is 3.71. The predicted molar refractivity (Wildman–Crippen MR) is 43.6 cm³/mol. The first-order chi connectivity index (χ1) is 5.84. The zero-order valence-corrected chi connectivity index (χ0v) is 6.66. The molecule has 0 N–H and O–H groups in total. The lowest BCUT2D eigenvalue weighted by molar-refractivity contribution is -0.126. The average molecular weight is 159 g/mol. The van der Waals surface area contributed by atoms with E-state index in [9.17, 15) is 4.79 Å². The van der Waals surface area contributed by atoms with Gasteiger partial charge in [0.15, 0.2) is 0 Å². The van der Waals surface area contributed by atoms with Crippen molar-refractivity contribution in [3.05, 3.63) is 30.1 Å². The van der Waals surface area contributed by atoms with Gasteiger partial charge in [0, 0.05) is 12.6 Å². The molecule has 2 unspecified atom stereocenters. The molecule has 0 aliphatic heterocycles. The first kappa shape index (κ1) is 6.35. The largest absolute Gasteiger partial charge is 0.299 e. The van der Waals surface area contributed by atoms with Crippen molar-refractivity contribution in [3.8, 4) is 0 Å². The number of carbonyl (C=O) groups is 1. The van der Waals surface area contributed by atoms with Gasteiger partial charge in [-0.3, -0.25) is 9.78 Å². The quantitative estimate of drug-likeness (QED) is 0.618. The van der Waals surface area contributed by atoms with E-state index in [1.54, 1.807) is 6.20 Å². The zero-order valence-electron chi connectivity index (χ0n) is 6.66. The molecular weight excluding hydrogens is 150 g/mol. The number of hydrogen-bond acceptors (Lipinski definition) is 2. The van der Waals surface area contributed by atoms with Gasteiger partial charge in [-0.1, -0.05) is 6.07 Å². The van der Waals surface area contributed by atoms with E-state index >= 15 is 0 Å². The van der Waals surface area contributed by atoms with Crippen LogP contribution in [0.4, 0.5) is 0 Å². The average Bonchev–Trinajstić information content (AvgIpc) is 2.74. The summed E-state index contributed by atoms with van der Waals surface area (Å²) in [4.78, 5) is 15.6. The number of pyridine rings is 1. The van der Waals surface area contributed by atoms with Gasteiger partial charge in [0.05, 0.1) is 11.1 Å². The minimum Gasteiger partial charge on any atom is -0.299 e. The monoisotopic (exact) mass is 159 g/mol. The Kier molecular flexibility index (Phi) is 0.932. The Morgan fingerprint density at radius 2 is 2.42 bits per heavy atom. The summed E-state index contributed by atoms with van der Waals surface area (Å²) in [6.07, 6.45) is 3.60.